The number of likely N-dealkylation sites (tertiary alicyclic amines) is 1. The van der Waals surface area contributed by atoms with Gasteiger partial charge in [-0.2, -0.15) is 0 Å². The summed E-state index contributed by atoms with van der Waals surface area (Å²) in [5.41, 5.74) is 7.02. The molecule has 0 spiro atoms. The lowest BCUT2D eigenvalue weighted by atomic mass is 9.96. The summed E-state index contributed by atoms with van der Waals surface area (Å²) < 4.78 is 0. The third-order valence-electron chi connectivity index (χ3n) is 4.01. The van der Waals surface area contributed by atoms with E-state index < -0.39 is 5.97 Å². The number of aromatic carboxylic acids is 1. The van der Waals surface area contributed by atoms with Crippen molar-refractivity contribution in [1.29, 1.82) is 0 Å². The van der Waals surface area contributed by atoms with Crippen LogP contribution in [0, 0.1) is 5.92 Å². The minimum Gasteiger partial charge on any atom is -0.478 e. The lowest BCUT2D eigenvalue weighted by Gasteiger charge is -2.31. The molecule has 1 aromatic rings. The second kappa shape index (κ2) is 6.61. The molecule has 1 saturated heterocycles. The molecule has 2 rings (SSSR count). The Bertz CT molecular complexity index is 468. The molecule has 20 heavy (non-hydrogen) atoms. The number of nitrogens with one attached hydrogen (secondary N) is 1. The molecule has 0 aliphatic carbocycles. The Kier molecular flexibility index (Phi) is 4.84. The summed E-state index contributed by atoms with van der Waals surface area (Å²) >= 11 is 0. The largest absolute Gasteiger partial charge is 0.478 e. The first-order chi connectivity index (χ1) is 9.60. The number of carboxylic acid groups (broad SMARTS) is 1. The fourth-order valence-electron chi connectivity index (χ4n) is 2.65. The molecule has 5 heteroatoms. The van der Waals surface area contributed by atoms with Crippen LogP contribution in [0.5, 0.6) is 0 Å². The smallest absolute Gasteiger partial charge is 0.337 e. The van der Waals surface area contributed by atoms with Gasteiger partial charge in [0.25, 0.3) is 0 Å². The zero-order valence-corrected chi connectivity index (χ0v) is 11.9. The van der Waals surface area contributed by atoms with Crippen LogP contribution in [0.15, 0.2) is 18.2 Å². The van der Waals surface area contributed by atoms with Crippen molar-refractivity contribution in [1.82, 2.24) is 4.90 Å². The number of benzene rings is 1. The van der Waals surface area contributed by atoms with E-state index >= 15 is 0 Å². The predicted molar refractivity (Wildman–Crippen MR) is 81.1 cm³/mol. The lowest BCUT2D eigenvalue weighted by molar-refractivity contribution is 0.0698. The van der Waals surface area contributed by atoms with Gasteiger partial charge >= 0.3 is 5.97 Å². The van der Waals surface area contributed by atoms with Gasteiger partial charge in [-0.25, -0.2) is 4.79 Å². The summed E-state index contributed by atoms with van der Waals surface area (Å²) in [5.74, 6) is -0.336. The van der Waals surface area contributed by atoms with E-state index in [1.54, 1.807) is 12.1 Å². The molecule has 110 valence electrons. The Morgan fingerprint density at radius 2 is 2.15 bits per heavy atom. The van der Waals surface area contributed by atoms with Crippen LogP contribution in [0.4, 0.5) is 11.4 Å². The Hall–Kier alpha value is -1.75. The van der Waals surface area contributed by atoms with Crippen molar-refractivity contribution in [3.8, 4) is 0 Å². The van der Waals surface area contributed by atoms with Gasteiger partial charge in [0.1, 0.15) is 0 Å². The van der Waals surface area contributed by atoms with E-state index in [9.17, 15) is 9.90 Å². The Balaban J connectivity index is 1.93. The molecule has 0 atom stereocenters. The van der Waals surface area contributed by atoms with Crippen molar-refractivity contribution >= 4 is 17.3 Å². The molecule has 1 heterocycles. The number of nitrogen functional groups attached to an aromatic ring is 1. The van der Waals surface area contributed by atoms with Gasteiger partial charge in [0.15, 0.2) is 0 Å². The lowest BCUT2D eigenvalue weighted by Crippen LogP contribution is -2.35. The summed E-state index contributed by atoms with van der Waals surface area (Å²) in [7, 11) is 0. The van der Waals surface area contributed by atoms with Gasteiger partial charge in [-0.1, -0.05) is 6.92 Å². The predicted octanol–water partition coefficient (Wildman–Crippen LogP) is 2.11. The van der Waals surface area contributed by atoms with Crippen LogP contribution in [0.25, 0.3) is 0 Å². The summed E-state index contributed by atoms with van der Waals surface area (Å²) in [6, 6.07) is 4.98. The molecule has 0 amide bonds. The first-order valence-electron chi connectivity index (χ1n) is 7.19. The van der Waals surface area contributed by atoms with Gasteiger partial charge in [0, 0.05) is 17.9 Å². The maximum absolute atomic E-state index is 11.2. The third-order valence-corrected chi connectivity index (χ3v) is 4.01. The van der Waals surface area contributed by atoms with Crippen molar-refractivity contribution in [2.75, 3.05) is 37.2 Å². The topological polar surface area (TPSA) is 78.6 Å². The maximum Gasteiger partial charge on any atom is 0.337 e. The molecule has 4 N–H and O–H groups in total. The number of carbonyl (C=O) groups is 1. The Morgan fingerprint density at radius 3 is 2.75 bits per heavy atom. The van der Waals surface area contributed by atoms with Gasteiger partial charge in [0.2, 0.25) is 0 Å². The number of hydrogen-bond donors (Lipinski definition) is 3. The first-order valence-corrected chi connectivity index (χ1v) is 7.19. The summed E-state index contributed by atoms with van der Waals surface area (Å²) in [6.07, 6.45) is 2.33. The van der Waals surface area contributed by atoms with E-state index in [1.165, 1.54) is 6.07 Å². The van der Waals surface area contributed by atoms with Gasteiger partial charge in [-0.15, -0.1) is 0 Å². The zero-order chi connectivity index (χ0) is 14.5. The van der Waals surface area contributed by atoms with E-state index in [-0.39, 0.29) is 5.56 Å². The highest BCUT2D eigenvalue weighted by molar-refractivity contribution is 5.95. The number of hydrogen-bond acceptors (Lipinski definition) is 4. The molecule has 1 aliphatic rings. The second-order valence-corrected chi connectivity index (χ2v) is 5.37. The van der Waals surface area contributed by atoms with Gasteiger partial charge in [-0.3, -0.25) is 0 Å². The SMILES string of the molecule is CCN1CCC(CNc2ccc(N)cc2C(=O)O)CC1. The first kappa shape index (κ1) is 14.7. The minimum absolute atomic E-state index is 0.246. The highest BCUT2D eigenvalue weighted by atomic mass is 16.4. The Morgan fingerprint density at radius 1 is 1.45 bits per heavy atom. The molecule has 0 bridgehead atoms. The van der Waals surface area contributed by atoms with Crippen LogP contribution < -0.4 is 11.1 Å². The van der Waals surface area contributed by atoms with Crippen LogP contribution in [0.2, 0.25) is 0 Å². The van der Waals surface area contributed by atoms with E-state index in [2.05, 4.69) is 17.1 Å². The third kappa shape index (κ3) is 3.63. The van der Waals surface area contributed by atoms with Crippen LogP contribution in [-0.2, 0) is 0 Å². The molecule has 5 nitrogen and oxygen atoms in total. The highest BCUT2D eigenvalue weighted by Gasteiger charge is 2.18. The van der Waals surface area contributed by atoms with E-state index in [0.717, 1.165) is 39.0 Å². The molecule has 0 radical (unpaired) electrons. The molecule has 0 saturated carbocycles. The van der Waals surface area contributed by atoms with E-state index in [0.29, 0.717) is 17.3 Å². The number of piperidine rings is 1. The molecule has 0 aromatic heterocycles. The normalized spacial score (nSPS) is 17.1. The second-order valence-electron chi connectivity index (χ2n) is 5.37. The quantitative estimate of drug-likeness (QED) is 0.718. The molecular weight excluding hydrogens is 254 g/mol. The van der Waals surface area contributed by atoms with Crippen LogP contribution in [0.3, 0.4) is 0 Å². The van der Waals surface area contributed by atoms with Crippen molar-refractivity contribution < 1.29 is 9.90 Å². The van der Waals surface area contributed by atoms with Gasteiger partial charge in [-0.05, 0) is 56.6 Å². The van der Waals surface area contributed by atoms with Crippen molar-refractivity contribution in [2.24, 2.45) is 5.92 Å². The fraction of sp³-hybridized carbons (Fsp3) is 0.533. The Labute approximate surface area is 119 Å². The van der Waals surface area contributed by atoms with Gasteiger partial charge < -0.3 is 21.1 Å². The minimum atomic E-state index is -0.944. The average molecular weight is 277 g/mol. The molecule has 1 aromatic carbocycles. The van der Waals surface area contributed by atoms with E-state index in [1.807, 2.05) is 0 Å². The van der Waals surface area contributed by atoms with Crippen molar-refractivity contribution in [3.63, 3.8) is 0 Å². The maximum atomic E-state index is 11.2. The average Bonchev–Trinajstić information content (AvgIpc) is 2.46. The number of nitrogens with zero attached hydrogens (tertiary/aromatic N) is 1. The molecule has 0 unspecified atom stereocenters. The van der Waals surface area contributed by atoms with E-state index in [4.69, 9.17) is 5.73 Å². The van der Waals surface area contributed by atoms with Crippen molar-refractivity contribution in [3.05, 3.63) is 23.8 Å². The van der Waals surface area contributed by atoms with Crippen LogP contribution in [0.1, 0.15) is 30.1 Å². The number of anilines is 2. The van der Waals surface area contributed by atoms with Crippen molar-refractivity contribution in [2.45, 2.75) is 19.8 Å². The molecular formula is C15H23N3O2. The number of nitrogens with two attached hydrogens (primary N) is 1. The standard InChI is InChI=1S/C15H23N3O2/c1-2-18-7-5-11(6-8-18)10-17-14-4-3-12(16)9-13(14)15(19)20/h3-4,9,11,17H,2,5-8,10,16H2,1H3,(H,19,20). The van der Waals surface area contributed by atoms with Crippen LogP contribution >= 0.6 is 0 Å². The van der Waals surface area contributed by atoms with Gasteiger partial charge in [0.05, 0.1) is 5.56 Å². The fourth-order valence-corrected chi connectivity index (χ4v) is 2.65. The van der Waals surface area contributed by atoms with Crippen LogP contribution in [-0.4, -0.2) is 42.2 Å². The summed E-state index contributed by atoms with van der Waals surface area (Å²) in [4.78, 5) is 13.7. The summed E-state index contributed by atoms with van der Waals surface area (Å²) in [6.45, 7) is 6.39. The summed E-state index contributed by atoms with van der Waals surface area (Å²) in [5, 5.41) is 12.5. The number of rotatable bonds is 5. The zero-order valence-electron chi connectivity index (χ0n) is 11.9. The highest BCUT2D eigenvalue weighted by Crippen LogP contribution is 2.22. The molecule has 1 aliphatic heterocycles. The monoisotopic (exact) mass is 277 g/mol. The number of carboxylic acids is 1. The molecule has 1 fully saturated rings.